The van der Waals surface area contributed by atoms with Gasteiger partial charge in [-0.05, 0) is 105 Å². The van der Waals surface area contributed by atoms with Crippen molar-refractivity contribution in [3.63, 3.8) is 0 Å². The predicted octanol–water partition coefficient (Wildman–Crippen LogP) is 6.51. The summed E-state index contributed by atoms with van der Waals surface area (Å²) in [6.45, 7) is 3.07. The third-order valence-corrected chi connectivity index (χ3v) is 9.31. The van der Waals surface area contributed by atoms with E-state index in [2.05, 4.69) is 21.6 Å². The number of nitrogens with zero attached hydrogens (tertiary/aromatic N) is 2. The maximum absolute atomic E-state index is 15.5. The number of fused-ring (bicyclic) bond motifs is 1. The lowest BCUT2D eigenvalue weighted by atomic mass is 9.79. The number of pyridine rings is 1. The van der Waals surface area contributed by atoms with Gasteiger partial charge in [-0.1, -0.05) is 6.42 Å². The quantitative estimate of drug-likeness (QED) is 0.315. The fourth-order valence-corrected chi connectivity index (χ4v) is 6.81. The van der Waals surface area contributed by atoms with Gasteiger partial charge in [0.05, 0.1) is 12.6 Å². The van der Waals surface area contributed by atoms with Gasteiger partial charge in [-0.15, -0.1) is 0 Å². The summed E-state index contributed by atoms with van der Waals surface area (Å²) in [4.78, 5) is 18.2. The first-order valence-corrected chi connectivity index (χ1v) is 14.2. The molecule has 4 rings (SSSR count). The van der Waals surface area contributed by atoms with Gasteiger partial charge in [0.1, 0.15) is 11.9 Å². The van der Waals surface area contributed by atoms with Crippen LogP contribution in [0.1, 0.15) is 69.5 Å². The summed E-state index contributed by atoms with van der Waals surface area (Å²) >= 11 is 2.12. The maximum atomic E-state index is 15.5. The van der Waals surface area contributed by atoms with Crippen molar-refractivity contribution >= 4 is 28.6 Å². The molecule has 1 saturated carbocycles. The fraction of sp³-hybridized carbons (Fsp3) is 0.643. The number of hydrogen-bond acceptors (Lipinski definition) is 5. The van der Waals surface area contributed by atoms with Gasteiger partial charge in [-0.3, -0.25) is 9.78 Å². The molecule has 2 unspecified atom stereocenters. The molecule has 3 atom stereocenters. The van der Waals surface area contributed by atoms with Crippen molar-refractivity contribution < 1.29 is 19.0 Å². The van der Waals surface area contributed by atoms with Crippen molar-refractivity contribution in [1.29, 1.82) is 0 Å². The third kappa shape index (κ3) is 7.32. The maximum Gasteiger partial charge on any atom is 0.303 e. The monoisotopic (exact) mass is 502 g/mol. The zero-order chi connectivity index (χ0) is 24.6. The summed E-state index contributed by atoms with van der Waals surface area (Å²) in [5, 5.41) is 11.0. The van der Waals surface area contributed by atoms with E-state index in [1.807, 2.05) is 18.2 Å². The first-order chi connectivity index (χ1) is 17.0. The number of hydrogen-bond donors (Lipinski definition) is 1. The zero-order valence-corrected chi connectivity index (χ0v) is 21.6. The van der Waals surface area contributed by atoms with E-state index >= 15 is 4.39 Å². The molecule has 192 valence electrons. The Morgan fingerprint density at radius 2 is 2.11 bits per heavy atom. The highest BCUT2D eigenvalue weighted by Gasteiger charge is 2.30. The first kappa shape index (κ1) is 26.2. The third-order valence-electron chi connectivity index (χ3n) is 7.84. The van der Waals surface area contributed by atoms with E-state index in [-0.39, 0.29) is 6.42 Å². The van der Waals surface area contributed by atoms with Crippen molar-refractivity contribution in [1.82, 2.24) is 9.88 Å². The number of likely N-dealkylation sites (tertiary alicyclic amines) is 1. The number of aromatic nitrogens is 1. The number of rotatable bonds is 13. The molecule has 1 aromatic carbocycles. The summed E-state index contributed by atoms with van der Waals surface area (Å²) in [5.74, 6) is 1.87. The van der Waals surface area contributed by atoms with Gasteiger partial charge in [0.15, 0.2) is 0 Å². The molecule has 1 aliphatic carbocycles. The summed E-state index contributed by atoms with van der Waals surface area (Å²) in [5.41, 5.74) is 1.44. The summed E-state index contributed by atoms with van der Waals surface area (Å²) in [7, 11) is 1.61. The minimum absolute atomic E-state index is 0.195. The summed E-state index contributed by atoms with van der Waals surface area (Å²) in [6.07, 6.45) is 9.08. The van der Waals surface area contributed by atoms with E-state index in [1.165, 1.54) is 31.4 Å². The SMILES string of the molecule is COc1ccc2nccc([C@@H](F)CCC3CCN(CCCSC4CCC4)CC3CCC(=O)O)c2c1. The van der Waals surface area contributed by atoms with Crippen LogP contribution < -0.4 is 4.74 Å². The van der Waals surface area contributed by atoms with Gasteiger partial charge in [-0.2, -0.15) is 11.8 Å². The number of benzene rings is 1. The second-order valence-corrected chi connectivity index (χ2v) is 11.6. The molecule has 2 aliphatic rings. The molecule has 7 heteroatoms. The highest BCUT2D eigenvalue weighted by molar-refractivity contribution is 7.99. The van der Waals surface area contributed by atoms with Crippen LogP contribution in [0.3, 0.4) is 0 Å². The molecule has 1 saturated heterocycles. The Labute approximate surface area is 212 Å². The highest BCUT2D eigenvalue weighted by Crippen LogP contribution is 2.37. The molecule has 1 aromatic heterocycles. The second-order valence-electron chi connectivity index (χ2n) is 10.1. The molecule has 0 bridgehead atoms. The molecule has 0 amide bonds. The normalized spacial score (nSPS) is 22.1. The van der Waals surface area contributed by atoms with Gasteiger partial charge in [-0.25, -0.2) is 4.39 Å². The number of alkyl halides is 1. The minimum atomic E-state index is -1.07. The van der Waals surface area contributed by atoms with Crippen LogP contribution in [0, 0.1) is 11.8 Å². The van der Waals surface area contributed by atoms with Gasteiger partial charge >= 0.3 is 5.97 Å². The molecule has 35 heavy (non-hydrogen) atoms. The minimum Gasteiger partial charge on any atom is -0.497 e. The molecule has 2 aromatic rings. The second kappa shape index (κ2) is 12.9. The van der Waals surface area contributed by atoms with Crippen molar-refractivity contribution in [2.75, 3.05) is 32.5 Å². The molecular weight excluding hydrogens is 463 g/mol. The number of carboxylic acids is 1. The zero-order valence-electron chi connectivity index (χ0n) is 20.8. The lowest BCUT2D eigenvalue weighted by molar-refractivity contribution is -0.137. The number of carbonyl (C=O) groups is 1. The van der Waals surface area contributed by atoms with Crippen LogP contribution >= 0.6 is 11.8 Å². The van der Waals surface area contributed by atoms with Crippen LogP contribution in [0.5, 0.6) is 5.75 Å². The number of ether oxygens (including phenoxy) is 1. The first-order valence-electron chi connectivity index (χ1n) is 13.2. The Kier molecular flexibility index (Phi) is 9.67. The average molecular weight is 503 g/mol. The van der Waals surface area contributed by atoms with Crippen LogP contribution in [-0.2, 0) is 4.79 Å². The number of carboxylic acid groups (broad SMARTS) is 1. The lowest BCUT2D eigenvalue weighted by Crippen LogP contribution is -2.41. The lowest BCUT2D eigenvalue weighted by Gasteiger charge is -2.39. The molecule has 0 radical (unpaired) electrons. The molecule has 2 heterocycles. The molecule has 5 nitrogen and oxygen atoms in total. The fourth-order valence-electron chi connectivity index (χ4n) is 5.51. The topological polar surface area (TPSA) is 62.7 Å². The van der Waals surface area contributed by atoms with Gasteiger partial charge in [0.25, 0.3) is 0 Å². The van der Waals surface area contributed by atoms with Crippen molar-refractivity contribution in [3.8, 4) is 5.75 Å². The Balaban J connectivity index is 1.32. The van der Waals surface area contributed by atoms with E-state index in [4.69, 9.17) is 4.74 Å². The van der Waals surface area contributed by atoms with Crippen LogP contribution in [-0.4, -0.2) is 58.7 Å². The highest BCUT2D eigenvalue weighted by atomic mass is 32.2. The summed E-state index contributed by atoms with van der Waals surface area (Å²) in [6, 6.07) is 7.35. The Hall–Kier alpha value is -1.86. The smallest absolute Gasteiger partial charge is 0.303 e. The van der Waals surface area contributed by atoms with Gasteiger partial charge in [0.2, 0.25) is 0 Å². The standard InChI is InChI=1S/C28H39FN2O3S/c1-34-22-8-10-27-25(18-22)24(12-14-30-27)26(29)9-6-20-13-16-31(19-21(20)7-11-28(32)33)15-3-17-35-23-4-2-5-23/h8,10,12,14,18,20-21,23,26H,2-7,9,11,13,15-17,19H2,1H3,(H,32,33)/t20?,21?,26-/m0/s1. The molecule has 2 fully saturated rings. The number of thioether (sulfide) groups is 1. The van der Waals surface area contributed by atoms with Crippen molar-refractivity contribution in [2.45, 2.75) is 69.2 Å². The summed E-state index contributed by atoms with van der Waals surface area (Å²) < 4.78 is 20.8. The predicted molar refractivity (Wildman–Crippen MR) is 141 cm³/mol. The van der Waals surface area contributed by atoms with Crippen LogP contribution in [0.15, 0.2) is 30.5 Å². The average Bonchev–Trinajstić information content (AvgIpc) is 2.84. The molecule has 0 spiro atoms. The number of aliphatic carboxylic acids is 1. The van der Waals surface area contributed by atoms with Crippen LogP contribution in [0.25, 0.3) is 10.9 Å². The van der Waals surface area contributed by atoms with Crippen LogP contribution in [0.4, 0.5) is 4.39 Å². The van der Waals surface area contributed by atoms with Crippen molar-refractivity contribution in [3.05, 3.63) is 36.0 Å². The molecular formula is C28H39FN2O3S. The van der Waals surface area contributed by atoms with E-state index in [0.29, 0.717) is 36.0 Å². The van der Waals surface area contributed by atoms with Gasteiger partial charge < -0.3 is 14.7 Å². The van der Waals surface area contributed by atoms with E-state index in [9.17, 15) is 9.90 Å². The Morgan fingerprint density at radius 3 is 2.86 bits per heavy atom. The Morgan fingerprint density at radius 1 is 1.26 bits per heavy atom. The number of piperidine rings is 1. The van der Waals surface area contributed by atoms with E-state index < -0.39 is 12.1 Å². The van der Waals surface area contributed by atoms with E-state index in [1.54, 1.807) is 19.4 Å². The van der Waals surface area contributed by atoms with Crippen molar-refractivity contribution in [2.24, 2.45) is 11.8 Å². The van der Waals surface area contributed by atoms with E-state index in [0.717, 1.165) is 48.6 Å². The largest absolute Gasteiger partial charge is 0.497 e. The molecule has 1 aliphatic heterocycles. The molecule has 1 N–H and O–H groups in total. The number of methoxy groups -OCH3 is 1. The Bertz CT molecular complexity index is 970. The van der Waals surface area contributed by atoms with Crippen LogP contribution in [0.2, 0.25) is 0 Å². The van der Waals surface area contributed by atoms with Gasteiger partial charge in [0, 0.05) is 29.8 Å². The number of halogens is 1.